The van der Waals surface area contributed by atoms with E-state index in [9.17, 15) is 4.79 Å². The van der Waals surface area contributed by atoms with Crippen LogP contribution in [0.3, 0.4) is 0 Å². The second kappa shape index (κ2) is 9.16. The van der Waals surface area contributed by atoms with Crippen molar-refractivity contribution >= 4 is 16.8 Å². The monoisotopic (exact) mass is 261 g/mol. The fraction of sp³-hybridized carbons (Fsp3) is 0.400. The normalized spacial score (nSPS) is 8.95. The number of hydrogen-bond acceptors (Lipinski definition) is 4. The van der Waals surface area contributed by atoms with Crippen molar-refractivity contribution in [3.63, 3.8) is 0 Å². The predicted octanol–water partition coefficient (Wildman–Crippen LogP) is 3.34. The van der Waals surface area contributed by atoms with Gasteiger partial charge in [0.15, 0.2) is 5.78 Å². The molecule has 0 saturated heterocycles. The lowest BCUT2D eigenvalue weighted by Crippen LogP contribution is -2.01. The number of ketones is 1. The lowest BCUT2D eigenvalue weighted by Gasteiger charge is -2.01. The molecule has 2 rings (SSSR count). The fourth-order valence-corrected chi connectivity index (χ4v) is 1.37. The van der Waals surface area contributed by atoms with E-state index >= 15 is 0 Å². The molecule has 0 aliphatic carbocycles. The molecule has 2 N–H and O–H groups in total. The van der Waals surface area contributed by atoms with Gasteiger partial charge in [-0.2, -0.15) is 0 Å². The largest absolute Gasteiger partial charge is 0.325 e. The summed E-state index contributed by atoms with van der Waals surface area (Å²) < 4.78 is 0. The van der Waals surface area contributed by atoms with Crippen LogP contribution in [-0.2, 0) is 6.54 Å². The molecule has 19 heavy (non-hydrogen) atoms. The molecular weight excluding hydrogens is 238 g/mol. The topological polar surface area (TPSA) is 68.9 Å². The van der Waals surface area contributed by atoms with Crippen LogP contribution >= 0.6 is 0 Å². The molecular formula is C15H23N3O. The van der Waals surface area contributed by atoms with Crippen LogP contribution in [0.1, 0.15) is 50.7 Å². The first-order valence-electron chi connectivity index (χ1n) is 6.67. The molecule has 0 spiro atoms. The summed E-state index contributed by atoms with van der Waals surface area (Å²) in [5.74, 6) is 0.0249. The highest BCUT2D eigenvalue weighted by atomic mass is 16.1. The second-order valence-corrected chi connectivity index (χ2v) is 3.33. The van der Waals surface area contributed by atoms with Gasteiger partial charge in [0, 0.05) is 12.1 Å². The van der Waals surface area contributed by atoms with E-state index in [0.717, 1.165) is 11.2 Å². The van der Waals surface area contributed by atoms with Gasteiger partial charge in [0.05, 0.1) is 22.9 Å². The van der Waals surface area contributed by atoms with Gasteiger partial charge in [-0.05, 0) is 25.1 Å². The minimum Gasteiger partial charge on any atom is -0.325 e. The molecule has 0 radical (unpaired) electrons. The van der Waals surface area contributed by atoms with E-state index < -0.39 is 0 Å². The molecule has 0 atom stereocenters. The van der Waals surface area contributed by atoms with E-state index in [4.69, 9.17) is 5.73 Å². The van der Waals surface area contributed by atoms with E-state index in [1.165, 1.54) is 6.92 Å². The maximum atomic E-state index is 11.2. The number of carbonyl (C=O) groups is 1. The Kier molecular flexibility index (Phi) is 8.29. The van der Waals surface area contributed by atoms with Gasteiger partial charge in [-0.1, -0.05) is 27.7 Å². The Bertz CT molecular complexity index is 524. The summed E-state index contributed by atoms with van der Waals surface area (Å²) in [4.78, 5) is 19.7. The number of fused-ring (bicyclic) bond motifs is 1. The van der Waals surface area contributed by atoms with Crippen LogP contribution in [0.25, 0.3) is 11.0 Å². The molecule has 0 saturated carbocycles. The van der Waals surface area contributed by atoms with Gasteiger partial charge in [-0.25, -0.2) is 4.98 Å². The lowest BCUT2D eigenvalue weighted by molar-refractivity contribution is 0.101. The van der Waals surface area contributed by atoms with E-state index in [0.29, 0.717) is 17.6 Å². The average molecular weight is 261 g/mol. The first-order chi connectivity index (χ1) is 9.20. The van der Waals surface area contributed by atoms with Crippen LogP contribution in [0.15, 0.2) is 24.4 Å². The molecule has 104 valence electrons. The standard InChI is InChI=1S/C11H11N3O.2C2H6/c1-7(15)8-2-3-10-11(4-8)14-9(5-12)6-13-10;2*1-2/h2-4,6H,5,12H2,1H3;2*1-2H3. The van der Waals surface area contributed by atoms with E-state index in [2.05, 4.69) is 9.97 Å². The number of nitrogens with zero attached hydrogens (tertiary/aromatic N) is 2. The van der Waals surface area contributed by atoms with Crippen LogP contribution in [0.5, 0.6) is 0 Å². The number of benzene rings is 1. The Morgan fingerprint density at radius 3 is 2.32 bits per heavy atom. The molecule has 0 bridgehead atoms. The fourth-order valence-electron chi connectivity index (χ4n) is 1.37. The van der Waals surface area contributed by atoms with Gasteiger partial charge in [-0.3, -0.25) is 9.78 Å². The smallest absolute Gasteiger partial charge is 0.159 e. The van der Waals surface area contributed by atoms with Crippen LogP contribution in [-0.4, -0.2) is 15.8 Å². The molecule has 4 nitrogen and oxygen atoms in total. The Morgan fingerprint density at radius 1 is 1.16 bits per heavy atom. The second-order valence-electron chi connectivity index (χ2n) is 3.33. The molecule has 2 aromatic rings. The molecule has 1 aromatic heterocycles. The van der Waals surface area contributed by atoms with Crippen LogP contribution in [0.4, 0.5) is 0 Å². The quantitative estimate of drug-likeness (QED) is 0.842. The van der Waals surface area contributed by atoms with E-state index in [1.807, 2.05) is 27.7 Å². The third kappa shape index (κ3) is 4.75. The van der Waals surface area contributed by atoms with Crippen LogP contribution < -0.4 is 5.73 Å². The maximum Gasteiger partial charge on any atom is 0.159 e. The number of nitrogens with two attached hydrogens (primary N) is 1. The van der Waals surface area contributed by atoms with Crippen molar-refractivity contribution < 1.29 is 4.79 Å². The van der Waals surface area contributed by atoms with Gasteiger partial charge in [0.2, 0.25) is 0 Å². The Morgan fingerprint density at radius 2 is 1.79 bits per heavy atom. The van der Waals surface area contributed by atoms with Crippen molar-refractivity contribution in [3.05, 3.63) is 35.7 Å². The molecule has 0 fully saturated rings. The van der Waals surface area contributed by atoms with Crippen molar-refractivity contribution in [3.8, 4) is 0 Å². The molecule has 0 aliphatic rings. The Labute approximate surface area is 115 Å². The van der Waals surface area contributed by atoms with Crippen molar-refractivity contribution in [2.75, 3.05) is 0 Å². The number of rotatable bonds is 2. The van der Waals surface area contributed by atoms with Gasteiger partial charge in [-0.15, -0.1) is 0 Å². The highest BCUT2D eigenvalue weighted by Crippen LogP contribution is 2.12. The number of carbonyl (C=O) groups excluding carboxylic acids is 1. The summed E-state index contributed by atoms with van der Waals surface area (Å²) in [5.41, 5.74) is 8.33. The first-order valence-corrected chi connectivity index (χ1v) is 6.67. The van der Waals surface area contributed by atoms with Crippen molar-refractivity contribution in [2.24, 2.45) is 5.73 Å². The van der Waals surface area contributed by atoms with Gasteiger partial charge in [0.25, 0.3) is 0 Å². The zero-order valence-electron chi connectivity index (χ0n) is 12.4. The summed E-state index contributed by atoms with van der Waals surface area (Å²) in [7, 11) is 0. The van der Waals surface area contributed by atoms with Gasteiger partial charge >= 0.3 is 0 Å². The lowest BCUT2D eigenvalue weighted by atomic mass is 10.1. The molecule has 0 aliphatic heterocycles. The zero-order chi connectivity index (χ0) is 14.8. The number of hydrogen-bond donors (Lipinski definition) is 1. The van der Waals surface area contributed by atoms with Gasteiger partial charge < -0.3 is 5.73 Å². The SMILES string of the molecule is CC.CC.CC(=O)c1ccc2ncc(CN)nc2c1. The maximum absolute atomic E-state index is 11.2. The first kappa shape index (κ1) is 17.2. The molecule has 1 heterocycles. The van der Waals surface area contributed by atoms with Gasteiger partial charge in [0.1, 0.15) is 0 Å². The van der Waals surface area contributed by atoms with Crippen molar-refractivity contribution in [2.45, 2.75) is 41.2 Å². The average Bonchev–Trinajstić information content (AvgIpc) is 2.50. The summed E-state index contributed by atoms with van der Waals surface area (Å²) >= 11 is 0. The molecule has 0 amide bonds. The molecule has 1 aromatic carbocycles. The van der Waals surface area contributed by atoms with Crippen LogP contribution in [0.2, 0.25) is 0 Å². The number of aromatic nitrogens is 2. The third-order valence-electron chi connectivity index (χ3n) is 2.21. The van der Waals surface area contributed by atoms with Crippen molar-refractivity contribution in [1.82, 2.24) is 9.97 Å². The Hall–Kier alpha value is -1.81. The summed E-state index contributed by atoms with van der Waals surface area (Å²) in [5, 5.41) is 0. The van der Waals surface area contributed by atoms with Crippen molar-refractivity contribution in [1.29, 1.82) is 0 Å². The Balaban J connectivity index is 0.000000741. The highest BCUT2D eigenvalue weighted by molar-refractivity contribution is 5.97. The van der Waals surface area contributed by atoms with E-state index in [1.54, 1.807) is 24.4 Å². The predicted molar refractivity (Wildman–Crippen MR) is 80.1 cm³/mol. The summed E-state index contributed by atoms with van der Waals surface area (Å²) in [6.45, 7) is 9.88. The summed E-state index contributed by atoms with van der Waals surface area (Å²) in [6.07, 6.45) is 1.65. The minimum absolute atomic E-state index is 0.0249. The number of Topliss-reactive ketones (excluding diaryl/α,β-unsaturated/α-hetero) is 1. The third-order valence-corrected chi connectivity index (χ3v) is 2.21. The zero-order valence-corrected chi connectivity index (χ0v) is 12.4. The minimum atomic E-state index is 0.0249. The molecule has 0 unspecified atom stereocenters. The van der Waals surface area contributed by atoms with Crippen LogP contribution in [0, 0.1) is 0 Å². The highest BCUT2D eigenvalue weighted by Gasteiger charge is 2.03. The summed E-state index contributed by atoms with van der Waals surface area (Å²) in [6, 6.07) is 5.28. The molecule has 4 heteroatoms. The van der Waals surface area contributed by atoms with E-state index in [-0.39, 0.29) is 5.78 Å².